The lowest BCUT2D eigenvalue weighted by atomic mass is 9.97. The summed E-state index contributed by atoms with van der Waals surface area (Å²) in [5, 5.41) is 19.1. The maximum atomic E-state index is 9.56. The highest BCUT2D eigenvalue weighted by Crippen LogP contribution is 2.18. The van der Waals surface area contributed by atoms with E-state index in [1.807, 2.05) is 36.4 Å². The largest absolute Gasteiger partial charge is 0.374 e. The van der Waals surface area contributed by atoms with Gasteiger partial charge in [-0.15, -0.1) is 12.8 Å². The van der Waals surface area contributed by atoms with Crippen molar-refractivity contribution in [2.45, 2.75) is 25.0 Å². The maximum Gasteiger partial charge on any atom is 0.147 e. The molecule has 2 heteroatoms. The lowest BCUT2D eigenvalue weighted by molar-refractivity contribution is 0.122. The van der Waals surface area contributed by atoms with Gasteiger partial charge in [-0.25, -0.2) is 0 Å². The van der Waals surface area contributed by atoms with Crippen LogP contribution in [-0.2, 0) is 11.2 Å². The SMILES string of the molecule is C#CC(C)(O)c1ccccc1.C#CC(C)(O)c1ccccc1. The molecule has 2 unspecified atom stereocenters. The zero-order valence-electron chi connectivity index (χ0n) is 12.8. The van der Waals surface area contributed by atoms with Crippen LogP contribution in [0.15, 0.2) is 60.7 Å². The summed E-state index contributed by atoms with van der Waals surface area (Å²) in [6, 6.07) is 18.4. The zero-order chi connectivity index (χ0) is 16.6. The summed E-state index contributed by atoms with van der Waals surface area (Å²) >= 11 is 0. The van der Waals surface area contributed by atoms with Crippen molar-refractivity contribution in [1.29, 1.82) is 0 Å². The lowest BCUT2D eigenvalue weighted by Crippen LogP contribution is -2.17. The van der Waals surface area contributed by atoms with Crippen LogP contribution in [0.1, 0.15) is 25.0 Å². The van der Waals surface area contributed by atoms with Gasteiger partial charge in [-0.1, -0.05) is 72.5 Å². The van der Waals surface area contributed by atoms with Gasteiger partial charge in [0.2, 0.25) is 0 Å². The van der Waals surface area contributed by atoms with Crippen LogP contribution < -0.4 is 0 Å². The molecule has 2 atom stereocenters. The first-order chi connectivity index (χ1) is 10.3. The molecule has 0 aromatic heterocycles. The Morgan fingerprint density at radius 3 is 1.18 bits per heavy atom. The van der Waals surface area contributed by atoms with Gasteiger partial charge in [0.15, 0.2) is 0 Å². The molecular formula is C20H20O2. The van der Waals surface area contributed by atoms with E-state index in [9.17, 15) is 10.2 Å². The Kier molecular flexibility index (Phi) is 5.96. The fourth-order valence-corrected chi connectivity index (χ4v) is 1.69. The standard InChI is InChI=1S/2C10H10O/c2*1-3-10(2,11)9-7-5-4-6-8-9/h2*1,4-8,11H,2H3. The molecule has 2 aromatic rings. The van der Waals surface area contributed by atoms with Gasteiger partial charge in [0.05, 0.1) is 0 Å². The zero-order valence-corrected chi connectivity index (χ0v) is 12.8. The summed E-state index contributed by atoms with van der Waals surface area (Å²) in [6.07, 6.45) is 10.3. The molecule has 2 rings (SSSR count). The van der Waals surface area contributed by atoms with Gasteiger partial charge in [0, 0.05) is 0 Å². The Hall–Kier alpha value is -2.52. The first kappa shape index (κ1) is 17.5. The Morgan fingerprint density at radius 1 is 0.682 bits per heavy atom. The summed E-state index contributed by atoms with van der Waals surface area (Å²) in [7, 11) is 0. The summed E-state index contributed by atoms with van der Waals surface area (Å²) in [5.74, 6) is 4.63. The van der Waals surface area contributed by atoms with Crippen LogP contribution in [-0.4, -0.2) is 10.2 Å². The number of aliphatic hydroxyl groups is 2. The van der Waals surface area contributed by atoms with E-state index in [2.05, 4.69) is 11.8 Å². The highest BCUT2D eigenvalue weighted by molar-refractivity contribution is 5.29. The molecule has 0 aliphatic carbocycles. The third-order valence-corrected chi connectivity index (χ3v) is 3.23. The fourth-order valence-electron chi connectivity index (χ4n) is 1.69. The average molecular weight is 292 g/mol. The predicted molar refractivity (Wildman–Crippen MR) is 89.7 cm³/mol. The summed E-state index contributed by atoms with van der Waals surface area (Å²) < 4.78 is 0. The molecule has 2 nitrogen and oxygen atoms in total. The Morgan fingerprint density at radius 2 is 0.955 bits per heavy atom. The molecule has 112 valence electrons. The van der Waals surface area contributed by atoms with Crippen LogP contribution in [0.3, 0.4) is 0 Å². The second-order valence-electron chi connectivity index (χ2n) is 5.17. The van der Waals surface area contributed by atoms with Crippen molar-refractivity contribution in [2.24, 2.45) is 0 Å². The second kappa shape index (κ2) is 7.48. The second-order valence-corrected chi connectivity index (χ2v) is 5.17. The van der Waals surface area contributed by atoms with E-state index in [1.165, 1.54) is 0 Å². The number of benzene rings is 2. The van der Waals surface area contributed by atoms with E-state index in [4.69, 9.17) is 12.8 Å². The van der Waals surface area contributed by atoms with Crippen molar-refractivity contribution in [1.82, 2.24) is 0 Å². The van der Waals surface area contributed by atoms with Gasteiger partial charge in [0.25, 0.3) is 0 Å². The average Bonchev–Trinajstić information content (AvgIpc) is 2.57. The molecule has 0 aliphatic rings. The highest BCUT2D eigenvalue weighted by Gasteiger charge is 2.18. The van der Waals surface area contributed by atoms with Crippen molar-refractivity contribution in [2.75, 3.05) is 0 Å². The number of rotatable bonds is 2. The van der Waals surface area contributed by atoms with Crippen LogP contribution in [0.2, 0.25) is 0 Å². The van der Waals surface area contributed by atoms with E-state index < -0.39 is 11.2 Å². The Labute approximate surface area is 132 Å². The molecule has 0 aliphatic heterocycles. The molecule has 0 saturated heterocycles. The van der Waals surface area contributed by atoms with Crippen LogP contribution in [0.25, 0.3) is 0 Å². The molecule has 0 amide bonds. The van der Waals surface area contributed by atoms with E-state index in [0.717, 1.165) is 11.1 Å². The van der Waals surface area contributed by atoms with Crippen molar-refractivity contribution in [3.63, 3.8) is 0 Å². The number of hydrogen-bond donors (Lipinski definition) is 2. The molecule has 2 aromatic carbocycles. The van der Waals surface area contributed by atoms with Crippen LogP contribution in [0, 0.1) is 24.7 Å². The summed E-state index contributed by atoms with van der Waals surface area (Å²) in [6.45, 7) is 3.20. The quantitative estimate of drug-likeness (QED) is 0.835. The van der Waals surface area contributed by atoms with Crippen LogP contribution >= 0.6 is 0 Å². The first-order valence-corrected chi connectivity index (χ1v) is 6.85. The van der Waals surface area contributed by atoms with Crippen molar-refractivity contribution >= 4 is 0 Å². The van der Waals surface area contributed by atoms with E-state index >= 15 is 0 Å². The third kappa shape index (κ3) is 4.79. The molecule has 22 heavy (non-hydrogen) atoms. The van der Waals surface area contributed by atoms with E-state index in [-0.39, 0.29) is 0 Å². The highest BCUT2D eigenvalue weighted by atomic mass is 16.3. The number of hydrogen-bond acceptors (Lipinski definition) is 2. The fraction of sp³-hybridized carbons (Fsp3) is 0.200. The molecule has 0 spiro atoms. The van der Waals surface area contributed by atoms with Crippen LogP contribution in [0.5, 0.6) is 0 Å². The Balaban J connectivity index is 0.000000220. The summed E-state index contributed by atoms with van der Waals surface area (Å²) in [5.41, 5.74) is -0.771. The van der Waals surface area contributed by atoms with Gasteiger partial charge in [-0.05, 0) is 25.0 Å². The maximum absolute atomic E-state index is 9.56. The Bertz CT molecular complexity index is 595. The van der Waals surface area contributed by atoms with Crippen LogP contribution in [0.4, 0.5) is 0 Å². The minimum Gasteiger partial charge on any atom is -0.374 e. The molecular weight excluding hydrogens is 272 g/mol. The van der Waals surface area contributed by atoms with Gasteiger partial charge >= 0.3 is 0 Å². The van der Waals surface area contributed by atoms with Gasteiger partial charge in [-0.3, -0.25) is 0 Å². The molecule has 0 saturated carbocycles. The third-order valence-electron chi connectivity index (χ3n) is 3.23. The van der Waals surface area contributed by atoms with Gasteiger partial charge < -0.3 is 10.2 Å². The molecule has 0 bridgehead atoms. The topological polar surface area (TPSA) is 40.5 Å². The van der Waals surface area contributed by atoms with Gasteiger partial charge in [0.1, 0.15) is 11.2 Å². The van der Waals surface area contributed by atoms with Crippen molar-refractivity contribution in [3.8, 4) is 24.7 Å². The normalized spacial score (nSPS) is 15.0. The monoisotopic (exact) mass is 292 g/mol. The summed E-state index contributed by atoms with van der Waals surface area (Å²) in [4.78, 5) is 0. The first-order valence-electron chi connectivity index (χ1n) is 6.85. The molecule has 0 radical (unpaired) electrons. The molecule has 2 N–H and O–H groups in total. The minimum atomic E-state index is -1.14. The van der Waals surface area contributed by atoms with E-state index in [1.54, 1.807) is 38.1 Å². The molecule has 0 fully saturated rings. The van der Waals surface area contributed by atoms with Crippen molar-refractivity contribution < 1.29 is 10.2 Å². The molecule has 0 heterocycles. The van der Waals surface area contributed by atoms with Crippen molar-refractivity contribution in [3.05, 3.63) is 71.8 Å². The predicted octanol–water partition coefficient (Wildman–Crippen LogP) is 3.05. The van der Waals surface area contributed by atoms with E-state index in [0.29, 0.717) is 0 Å². The van der Waals surface area contributed by atoms with Gasteiger partial charge in [-0.2, -0.15) is 0 Å². The lowest BCUT2D eigenvalue weighted by Gasteiger charge is -2.15. The smallest absolute Gasteiger partial charge is 0.147 e. The number of terminal acetylenes is 2. The minimum absolute atomic E-state index is 0.752.